The Morgan fingerprint density at radius 3 is 2.00 bits per heavy atom. The molecule has 1 rings (SSSR count). The van der Waals surface area contributed by atoms with Crippen molar-refractivity contribution in [3.05, 3.63) is 17.7 Å². The number of carboxylic acids is 1. The molecule has 2 N–H and O–H groups in total. The lowest BCUT2D eigenvalue weighted by molar-refractivity contribution is -0.139. The van der Waals surface area contributed by atoms with Crippen molar-refractivity contribution in [2.24, 2.45) is 0 Å². The molecule has 0 fully saturated rings. The molecule has 1 amide bonds. The van der Waals surface area contributed by atoms with Gasteiger partial charge in [-0.3, -0.25) is 4.79 Å². The van der Waals surface area contributed by atoms with Crippen molar-refractivity contribution in [3.8, 4) is 17.2 Å². The Morgan fingerprint density at radius 1 is 1.14 bits per heavy atom. The molecule has 0 heterocycles. The van der Waals surface area contributed by atoms with Crippen LogP contribution < -0.4 is 19.5 Å². The van der Waals surface area contributed by atoms with Gasteiger partial charge in [0.15, 0.2) is 11.5 Å². The van der Waals surface area contributed by atoms with Gasteiger partial charge in [-0.05, 0) is 18.6 Å². The highest BCUT2D eigenvalue weighted by Gasteiger charge is 2.21. The van der Waals surface area contributed by atoms with Gasteiger partial charge in [-0.25, -0.2) is 4.79 Å². The molecule has 7 nitrogen and oxygen atoms in total. The molecule has 0 radical (unpaired) electrons. The van der Waals surface area contributed by atoms with Gasteiger partial charge in [0, 0.05) is 5.56 Å². The summed E-state index contributed by atoms with van der Waals surface area (Å²) >= 11 is 0. The number of methoxy groups -OCH3 is 3. The van der Waals surface area contributed by atoms with Gasteiger partial charge in [-0.15, -0.1) is 0 Å². The number of aliphatic carboxylic acids is 1. The highest BCUT2D eigenvalue weighted by molar-refractivity contribution is 5.97. The average Bonchev–Trinajstić information content (AvgIpc) is 2.50. The van der Waals surface area contributed by atoms with Crippen molar-refractivity contribution in [3.63, 3.8) is 0 Å². The summed E-state index contributed by atoms with van der Waals surface area (Å²) in [5.41, 5.74) is 0.226. The van der Waals surface area contributed by atoms with E-state index in [1.807, 2.05) is 0 Å². The van der Waals surface area contributed by atoms with Crippen molar-refractivity contribution < 1.29 is 28.9 Å². The lowest BCUT2D eigenvalue weighted by Gasteiger charge is -2.16. The van der Waals surface area contributed by atoms with E-state index in [-0.39, 0.29) is 12.0 Å². The van der Waals surface area contributed by atoms with Crippen LogP contribution in [0.4, 0.5) is 0 Å². The fraction of sp³-hybridized carbons (Fsp3) is 0.429. The smallest absolute Gasteiger partial charge is 0.326 e. The Labute approximate surface area is 122 Å². The van der Waals surface area contributed by atoms with Crippen LogP contribution in [0.25, 0.3) is 0 Å². The Hall–Kier alpha value is -2.44. The maximum atomic E-state index is 12.1. The predicted octanol–water partition coefficient (Wildman–Crippen LogP) is 1.31. The molecule has 0 saturated heterocycles. The molecule has 0 saturated carbocycles. The summed E-state index contributed by atoms with van der Waals surface area (Å²) in [7, 11) is 4.33. The second-order valence-electron chi connectivity index (χ2n) is 4.19. The summed E-state index contributed by atoms with van der Waals surface area (Å²) in [5, 5.41) is 11.4. The zero-order valence-electron chi connectivity index (χ0n) is 12.4. The number of nitrogens with one attached hydrogen (secondary N) is 1. The molecule has 1 aromatic carbocycles. The van der Waals surface area contributed by atoms with Crippen LogP contribution in [-0.2, 0) is 4.79 Å². The fourth-order valence-electron chi connectivity index (χ4n) is 1.79. The van der Waals surface area contributed by atoms with Gasteiger partial charge in [0.05, 0.1) is 21.3 Å². The van der Waals surface area contributed by atoms with E-state index >= 15 is 0 Å². The maximum absolute atomic E-state index is 12.1. The van der Waals surface area contributed by atoms with E-state index in [0.29, 0.717) is 17.2 Å². The molecule has 1 unspecified atom stereocenters. The van der Waals surface area contributed by atoms with Crippen LogP contribution in [0, 0.1) is 0 Å². The van der Waals surface area contributed by atoms with Crippen molar-refractivity contribution in [2.75, 3.05) is 21.3 Å². The van der Waals surface area contributed by atoms with Crippen LogP contribution in [-0.4, -0.2) is 44.4 Å². The molecular weight excluding hydrogens is 278 g/mol. The molecule has 0 aliphatic carbocycles. The average molecular weight is 297 g/mol. The van der Waals surface area contributed by atoms with Crippen LogP contribution in [0.1, 0.15) is 23.7 Å². The van der Waals surface area contributed by atoms with Crippen molar-refractivity contribution in [1.82, 2.24) is 5.32 Å². The van der Waals surface area contributed by atoms with E-state index in [1.54, 1.807) is 6.92 Å². The molecule has 7 heteroatoms. The normalized spacial score (nSPS) is 11.4. The lowest BCUT2D eigenvalue weighted by Crippen LogP contribution is -2.40. The molecule has 0 spiro atoms. The zero-order chi connectivity index (χ0) is 16.0. The van der Waals surface area contributed by atoms with Gasteiger partial charge in [-0.2, -0.15) is 0 Å². The Kier molecular flexibility index (Phi) is 5.83. The number of carboxylic acid groups (broad SMARTS) is 1. The predicted molar refractivity (Wildman–Crippen MR) is 75.3 cm³/mol. The van der Waals surface area contributed by atoms with Gasteiger partial charge in [0.1, 0.15) is 6.04 Å². The summed E-state index contributed by atoms with van der Waals surface area (Å²) in [6, 6.07) is 1.98. The molecule has 116 valence electrons. The molecule has 21 heavy (non-hydrogen) atoms. The van der Waals surface area contributed by atoms with E-state index in [4.69, 9.17) is 19.3 Å². The molecule has 0 aliphatic rings. The molecular formula is C14H19NO6. The summed E-state index contributed by atoms with van der Waals surface area (Å²) < 4.78 is 15.5. The third kappa shape index (κ3) is 3.77. The van der Waals surface area contributed by atoms with Gasteiger partial charge in [0.25, 0.3) is 5.91 Å². The van der Waals surface area contributed by atoms with Crippen molar-refractivity contribution >= 4 is 11.9 Å². The van der Waals surface area contributed by atoms with Crippen LogP contribution in [0.2, 0.25) is 0 Å². The number of ether oxygens (including phenoxy) is 3. The van der Waals surface area contributed by atoms with E-state index in [2.05, 4.69) is 5.32 Å². The quantitative estimate of drug-likeness (QED) is 0.788. The fourth-order valence-corrected chi connectivity index (χ4v) is 1.79. The van der Waals surface area contributed by atoms with Crippen molar-refractivity contribution in [1.29, 1.82) is 0 Å². The number of hydrogen-bond donors (Lipinski definition) is 2. The van der Waals surface area contributed by atoms with Crippen LogP contribution in [0.5, 0.6) is 17.2 Å². The van der Waals surface area contributed by atoms with E-state index < -0.39 is 17.9 Å². The minimum absolute atomic E-state index is 0.226. The van der Waals surface area contributed by atoms with Gasteiger partial charge in [-0.1, -0.05) is 6.92 Å². The summed E-state index contributed by atoms with van der Waals surface area (Å²) in [6.45, 7) is 1.67. The first kappa shape index (κ1) is 16.6. The van der Waals surface area contributed by atoms with E-state index in [1.165, 1.54) is 33.5 Å². The van der Waals surface area contributed by atoms with E-state index in [0.717, 1.165) is 0 Å². The minimum atomic E-state index is -1.08. The monoisotopic (exact) mass is 297 g/mol. The standard InChI is InChI=1S/C14H19NO6/c1-5-9(14(17)18)15-13(16)8-6-10(19-2)12(21-4)11(7-8)20-3/h6-7,9H,5H2,1-4H3,(H,15,16)(H,17,18). The number of benzene rings is 1. The summed E-state index contributed by atoms with van der Waals surface area (Å²) in [5.74, 6) is -0.598. The molecule has 0 aliphatic heterocycles. The van der Waals surface area contributed by atoms with Gasteiger partial charge >= 0.3 is 5.97 Å². The molecule has 1 aromatic rings. The van der Waals surface area contributed by atoms with Gasteiger partial charge < -0.3 is 24.6 Å². The van der Waals surface area contributed by atoms with Crippen LogP contribution in [0.3, 0.4) is 0 Å². The minimum Gasteiger partial charge on any atom is -0.493 e. The lowest BCUT2D eigenvalue weighted by atomic mass is 10.1. The number of amides is 1. The Balaban J connectivity index is 3.13. The highest BCUT2D eigenvalue weighted by atomic mass is 16.5. The number of carbonyl (C=O) groups is 2. The second-order valence-corrected chi connectivity index (χ2v) is 4.19. The number of carbonyl (C=O) groups excluding carboxylic acids is 1. The third-order valence-electron chi connectivity index (χ3n) is 2.94. The second kappa shape index (κ2) is 7.37. The maximum Gasteiger partial charge on any atom is 0.326 e. The van der Waals surface area contributed by atoms with Crippen molar-refractivity contribution in [2.45, 2.75) is 19.4 Å². The molecule has 0 aromatic heterocycles. The Bertz CT molecular complexity index is 503. The third-order valence-corrected chi connectivity index (χ3v) is 2.94. The van der Waals surface area contributed by atoms with Crippen LogP contribution in [0.15, 0.2) is 12.1 Å². The molecule has 1 atom stereocenters. The number of rotatable bonds is 7. The highest BCUT2D eigenvalue weighted by Crippen LogP contribution is 2.38. The van der Waals surface area contributed by atoms with Gasteiger partial charge in [0.2, 0.25) is 5.75 Å². The first-order chi connectivity index (χ1) is 9.98. The summed E-state index contributed by atoms with van der Waals surface area (Å²) in [6.07, 6.45) is 0.283. The van der Waals surface area contributed by atoms with E-state index in [9.17, 15) is 9.59 Å². The first-order valence-electron chi connectivity index (χ1n) is 6.32. The zero-order valence-corrected chi connectivity index (χ0v) is 12.4. The SMILES string of the molecule is CCC(NC(=O)c1cc(OC)c(OC)c(OC)c1)C(=O)O. The summed E-state index contributed by atoms with van der Waals surface area (Å²) in [4.78, 5) is 23.1. The van der Waals surface area contributed by atoms with Crippen LogP contribution >= 0.6 is 0 Å². The number of hydrogen-bond acceptors (Lipinski definition) is 5. The molecule has 0 bridgehead atoms. The largest absolute Gasteiger partial charge is 0.493 e. The first-order valence-corrected chi connectivity index (χ1v) is 6.32. The Morgan fingerprint density at radius 2 is 1.67 bits per heavy atom. The topological polar surface area (TPSA) is 94.1 Å².